The van der Waals surface area contributed by atoms with Crippen molar-refractivity contribution in [1.29, 1.82) is 0 Å². The van der Waals surface area contributed by atoms with E-state index in [1.165, 1.54) is 0 Å². The number of quaternary nitrogens is 1. The van der Waals surface area contributed by atoms with Gasteiger partial charge >= 0.3 is 6.18 Å². The Bertz CT molecular complexity index is 641. The van der Waals surface area contributed by atoms with Crippen molar-refractivity contribution in [1.82, 2.24) is 9.97 Å². The van der Waals surface area contributed by atoms with Crippen molar-refractivity contribution in [2.45, 2.75) is 12.3 Å². The van der Waals surface area contributed by atoms with E-state index in [2.05, 4.69) is 15.3 Å². The maximum atomic E-state index is 12.5. The molecule has 1 atom stereocenters. The highest BCUT2D eigenvalue weighted by Crippen LogP contribution is 2.27. The summed E-state index contributed by atoms with van der Waals surface area (Å²) >= 11 is 0. The lowest BCUT2D eigenvalue weighted by atomic mass is 10.3. The Kier molecular flexibility index (Phi) is 6.96. The van der Waals surface area contributed by atoms with E-state index in [-0.39, 0.29) is 12.6 Å². The Labute approximate surface area is 143 Å². The zero-order chi connectivity index (χ0) is 18.1. The SMILES string of the molecule is O[C@H](C[NH2+]CCNc1nccc(C(F)(F)F)n1)COc1ccccc1. The topological polar surface area (TPSA) is 83.9 Å². The van der Waals surface area contributed by atoms with Gasteiger partial charge in [0.1, 0.15) is 30.7 Å². The predicted molar refractivity (Wildman–Crippen MR) is 85.1 cm³/mol. The van der Waals surface area contributed by atoms with Crippen LogP contribution < -0.4 is 15.4 Å². The van der Waals surface area contributed by atoms with Gasteiger partial charge in [-0.1, -0.05) is 18.2 Å². The van der Waals surface area contributed by atoms with Gasteiger partial charge in [-0.05, 0) is 18.2 Å². The predicted octanol–water partition coefficient (Wildman–Crippen LogP) is 0.911. The number of hydrogen-bond acceptors (Lipinski definition) is 5. The fourth-order valence-corrected chi connectivity index (χ4v) is 1.98. The molecule has 6 nitrogen and oxygen atoms in total. The molecule has 0 saturated heterocycles. The molecule has 136 valence electrons. The average Bonchev–Trinajstić information content (AvgIpc) is 2.60. The summed E-state index contributed by atoms with van der Waals surface area (Å²) in [6.45, 7) is 1.50. The highest BCUT2D eigenvalue weighted by atomic mass is 19.4. The first-order valence-corrected chi connectivity index (χ1v) is 7.77. The number of ether oxygens (including phenoxy) is 1. The Morgan fingerprint density at radius 3 is 2.68 bits per heavy atom. The minimum absolute atomic E-state index is 0.0730. The molecule has 2 rings (SSSR count). The Morgan fingerprint density at radius 1 is 1.20 bits per heavy atom. The zero-order valence-corrected chi connectivity index (χ0v) is 13.4. The third kappa shape index (κ3) is 6.94. The Morgan fingerprint density at radius 2 is 1.96 bits per heavy atom. The third-order valence-electron chi connectivity index (χ3n) is 3.20. The largest absolute Gasteiger partial charge is 0.491 e. The first-order valence-electron chi connectivity index (χ1n) is 7.77. The number of nitrogens with zero attached hydrogens (tertiary/aromatic N) is 2. The lowest BCUT2D eigenvalue weighted by molar-refractivity contribution is -0.658. The summed E-state index contributed by atoms with van der Waals surface area (Å²) in [4.78, 5) is 7.15. The van der Waals surface area contributed by atoms with Gasteiger partial charge in [0, 0.05) is 6.20 Å². The van der Waals surface area contributed by atoms with E-state index in [0.717, 1.165) is 12.3 Å². The van der Waals surface area contributed by atoms with Crippen LogP contribution >= 0.6 is 0 Å². The summed E-state index contributed by atoms with van der Waals surface area (Å²) in [7, 11) is 0. The van der Waals surface area contributed by atoms with Crippen molar-refractivity contribution in [3.05, 3.63) is 48.3 Å². The van der Waals surface area contributed by atoms with Crippen LogP contribution in [0.15, 0.2) is 42.6 Å². The third-order valence-corrected chi connectivity index (χ3v) is 3.20. The molecule has 2 aromatic rings. The number of rotatable bonds is 9. The number of para-hydroxylation sites is 1. The molecule has 1 aromatic heterocycles. The number of alkyl halides is 3. The molecule has 9 heteroatoms. The maximum Gasteiger partial charge on any atom is 0.433 e. The first kappa shape index (κ1) is 18.9. The van der Waals surface area contributed by atoms with E-state index >= 15 is 0 Å². The number of aromatic nitrogens is 2. The monoisotopic (exact) mass is 357 g/mol. The second-order valence-electron chi connectivity index (χ2n) is 5.28. The second kappa shape index (κ2) is 9.19. The number of nitrogens with one attached hydrogen (secondary N) is 1. The van der Waals surface area contributed by atoms with Crippen LogP contribution in [0.4, 0.5) is 19.1 Å². The summed E-state index contributed by atoms with van der Waals surface area (Å²) in [6, 6.07) is 9.98. The molecule has 0 radical (unpaired) electrons. The minimum atomic E-state index is -4.49. The van der Waals surface area contributed by atoms with Crippen LogP contribution in [0.3, 0.4) is 0 Å². The summed E-state index contributed by atoms with van der Waals surface area (Å²) in [5, 5.41) is 14.4. The molecular weight excluding hydrogens is 337 g/mol. The Hall–Kier alpha value is -2.39. The van der Waals surface area contributed by atoms with Gasteiger partial charge in [0.15, 0.2) is 0 Å². The number of aliphatic hydroxyl groups excluding tert-OH is 1. The molecule has 0 amide bonds. The molecule has 0 unspecified atom stereocenters. The number of nitrogens with two attached hydrogens (primary N) is 1. The molecule has 0 aliphatic carbocycles. The Balaban J connectivity index is 1.61. The van der Waals surface area contributed by atoms with E-state index in [9.17, 15) is 18.3 Å². The van der Waals surface area contributed by atoms with Crippen LogP contribution in [0.2, 0.25) is 0 Å². The first-order chi connectivity index (χ1) is 11.9. The highest BCUT2D eigenvalue weighted by molar-refractivity contribution is 5.25. The summed E-state index contributed by atoms with van der Waals surface area (Å²) in [5.41, 5.74) is -0.984. The number of benzene rings is 1. The average molecular weight is 357 g/mol. The van der Waals surface area contributed by atoms with E-state index in [0.29, 0.717) is 25.4 Å². The number of aliphatic hydroxyl groups is 1. The van der Waals surface area contributed by atoms with Crippen LogP contribution in [-0.2, 0) is 6.18 Å². The van der Waals surface area contributed by atoms with Crippen molar-refractivity contribution in [2.24, 2.45) is 0 Å². The van der Waals surface area contributed by atoms with Gasteiger partial charge < -0.3 is 20.5 Å². The van der Waals surface area contributed by atoms with Gasteiger partial charge in [-0.25, -0.2) is 9.97 Å². The lowest BCUT2D eigenvalue weighted by Gasteiger charge is -2.12. The highest BCUT2D eigenvalue weighted by Gasteiger charge is 2.32. The molecule has 25 heavy (non-hydrogen) atoms. The summed E-state index contributed by atoms with van der Waals surface area (Å²) in [6.07, 6.45) is -4.08. The lowest BCUT2D eigenvalue weighted by Crippen LogP contribution is -2.87. The smallest absolute Gasteiger partial charge is 0.433 e. The summed E-state index contributed by atoms with van der Waals surface area (Å²) in [5.74, 6) is 0.612. The van der Waals surface area contributed by atoms with Crippen molar-refractivity contribution in [2.75, 3.05) is 31.6 Å². The fourth-order valence-electron chi connectivity index (χ4n) is 1.98. The fraction of sp³-hybridized carbons (Fsp3) is 0.375. The van der Waals surface area contributed by atoms with E-state index in [1.807, 2.05) is 23.5 Å². The molecule has 4 N–H and O–H groups in total. The van der Waals surface area contributed by atoms with Gasteiger partial charge in [-0.15, -0.1) is 0 Å². The van der Waals surface area contributed by atoms with E-state index in [1.54, 1.807) is 12.1 Å². The second-order valence-corrected chi connectivity index (χ2v) is 5.28. The molecule has 0 saturated carbocycles. The van der Waals surface area contributed by atoms with Gasteiger partial charge in [-0.2, -0.15) is 13.2 Å². The van der Waals surface area contributed by atoms with Crippen LogP contribution in [0.25, 0.3) is 0 Å². The van der Waals surface area contributed by atoms with Crippen molar-refractivity contribution in [3.63, 3.8) is 0 Å². The number of hydrogen-bond donors (Lipinski definition) is 3. The maximum absolute atomic E-state index is 12.5. The van der Waals surface area contributed by atoms with E-state index < -0.39 is 18.0 Å². The van der Waals surface area contributed by atoms with Gasteiger partial charge in [0.2, 0.25) is 5.95 Å². The molecule has 0 bridgehead atoms. The molecule has 0 aliphatic heterocycles. The van der Waals surface area contributed by atoms with Crippen LogP contribution in [0.5, 0.6) is 5.75 Å². The standard InChI is InChI=1S/C16H19F3N4O2/c17-16(18,19)14-6-7-21-15(23-14)22-9-8-20-10-12(24)11-25-13-4-2-1-3-5-13/h1-7,12,20,24H,8-11H2,(H,21,22,23)/p+1/t12-/m1/s1. The normalized spacial score (nSPS) is 12.6. The van der Waals surface area contributed by atoms with Gasteiger partial charge in [0.05, 0.1) is 13.1 Å². The van der Waals surface area contributed by atoms with Crippen molar-refractivity contribution >= 4 is 5.95 Å². The van der Waals surface area contributed by atoms with E-state index in [4.69, 9.17) is 4.74 Å². The molecule has 1 heterocycles. The molecule has 0 fully saturated rings. The van der Waals surface area contributed by atoms with Crippen LogP contribution in [-0.4, -0.2) is 47.4 Å². The van der Waals surface area contributed by atoms with Crippen molar-refractivity contribution < 1.29 is 28.3 Å². The van der Waals surface area contributed by atoms with Crippen molar-refractivity contribution in [3.8, 4) is 5.75 Å². The van der Waals surface area contributed by atoms with Gasteiger partial charge in [-0.3, -0.25) is 0 Å². The quantitative estimate of drug-likeness (QED) is 0.581. The molecule has 0 aliphatic rings. The number of halogens is 3. The van der Waals surface area contributed by atoms with Crippen LogP contribution in [0.1, 0.15) is 5.69 Å². The van der Waals surface area contributed by atoms with Gasteiger partial charge in [0.25, 0.3) is 0 Å². The summed E-state index contributed by atoms with van der Waals surface area (Å²) < 4.78 is 43.0. The number of anilines is 1. The molecular formula is C16H20F3N4O2+. The van der Waals surface area contributed by atoms with Crippen LogP contribution in [0, 0.1) is 0 Å². The minimum Gasteiger partial charge on any atom is -0.491 e. The molecule has 0 spiro atoms. The zero-order valence-electron chi connectivity index (χ0n) is 13.4. The molecule has 1 aromatic carbocycles.